The van der Waals surface area contributed by atoms with E-state index in [0.717, 1.165) is 11.1 Å². The van der Waals surface area contributed by atoms with E-state index in [1.165, 1.54) is 30.4 Å². The van der Waals surface area contributed by atoms with Crippen LogP contribution in [0.25, 0.3) is 0 Å². The minimum Gasteiger partial charge on any atom is -0.497 e. The average molecular weight is 257 g/mol. The third-order valence-corrected chi connectivity index (χ3v) is 2.94. The van der Waals surface area contributed by atoms with Crippen molar-refractivity contribution in [3.8, 4) is 5.75 Å². The van der Waals surface area contributed by atoms with Crippen molar-refractivity contribution in [1.82, 2.24) is 0 Å². The Kier molecular flexibility index (Phi) is 5.02. The van der Waals surface area contributed by atoms with Crippen LogP contribution in [0, 0.1) is 6.92 Å². The molecule has 1 nitrogen and oxygen atoms in total. The largest absolute Gasteiger partial charge is 0.497 e. The van der Waals surface area contributed by atoms with E-state index in [1.54, 1.807) is 7.11 Å². The van der Waals surface area contributed by atoms with E-state index in [2.05, 4.69) is 35.0 Å². The molecule has 0 amide bonds. The number of halogens is 1. The Morgan fingerprint density at radius 2 is 2.07 bits per heavy atom. The third-order valence-electron chi connectivity index (χ3n) is 2.38. The van der Waals surface area contributed by atoms with Crippen LogP contribution in [0.15, 0.2) is 18.2 Å². The van der Waals surface area contributed by atoms with Crippen molar-refractivity contribution in [2.24, 2.45) is 0 Å². The van der Waals surface area contributed by atoms with Gasteiger partial charge in [-0.25, -0.2) is 0 Å². The fraction of sp³-hybridized carbons (Fsp3) is 0.500. The predicted octanol–water partition coefficient (Wildman–Crippen LogP) is 3.72. The molecule has 1 aromatic carbocycles. The number of benzene rings is 1. The minimum atomic E-state index is 0.951. The number of hydrogen-bond donors (Lipinski definition) is 0. The lowest BCUT2D eigenvalue weighted by atomic mass is 10.0. The molecule has 0 N–H and O–H groups in total. The van der Waals surface area contributed by atoms with Crippen LogP contribution in [0.5, 0.6) is 5.75 Å². The monoisotopic (exact) mass is 256 g/mol. The highest BCUT2D eigenvalue weighted by molar-refractivity contribution is 9.09. The Hall–Kier alpha value is -0.500. The highest BCUT2D eigenvalue weighted by Gasteiger charge is 1.99. The highest BCUT2D eigenvalue weighted by Crippen LogP contribution is 2.18. The molecule has 1 aromatic rings. The Labute approximate surface area is 94.6 Å². The molecule has 0 spiro atoms. The van der Waals surface area contributed by atoms with E-state index in [4.69, 9.17) is 4.74 Å². The van der Waals surface area contributed by atoms with Crippen molar-refractivity contribution in [1.29, 1.82) is 0 Å². The van der Waals surface area contributed by atoms with Crippen molar-refractivity contribution < 1.29 is 4.74 Å². The molecule has 78 valence electrons. The topological polar surface area (TPSA) is 9.23 Å². The molecule has 2 heteroatoms. The van der Waals surface area contributed by atoms with Crippen LogP contribution < -0.4 is 4.74 Å². The fourth-order valence-electron chi connectivity index (χ4n) is 1.49. The molecule has 0 fully saturated rings. The van der Waals surface area contributed by atoms with Crippen molar-refractivity contribution in [3.63, 3.8) is 0 Å². The van der Waals surface area contributed by atoms with Gasteiger partial charge in [-0.15, -0.1) is 0 Å². The summed E-state index contributed by atoms with van der Waals surface area (Å²) < 4.78 is 5.17. The molecule has 0 atom stereocenters. The van der Waals surface area contributed by atoms with Crippen molar-refractivity contribution in [2.45, 2.75) is 26.2 Å². The van der Waals surface area contributed by atoms with Crippen LogP contribution in [0.4, 0.5) is 0 Å². The van der Waals surface area contributed by atoms with Crippen LogP contribution in [-0.2, 0) is 6.42 Å². The van der Waals surface area contributed by atoms with Crippen molar-refractivity contribution in [3.05, 3.63) is 29.3 Å². The molecular formula is C12H17BrO. The van der Waals surface area contributed by atoms with Gasteiger partial charge in [-0.2, -0.15) is 0 Å². The van der Waals surface area contributed by atoms with Gasteiger partial charge in [0.15, 0.2) is 0 Å². The van der Waals surface area contributed by atoms with Crippen LogP contribution in [-0.4, -0.2) is 12.4 Å². The normalized spacial score (nSPS) is 10.2. The molecule has 0 aliphatic rings. The molecule has 14 heavy (non-hydrogen) atoms. The Balaban J connectivity index is 2.59. The van der Waals surface area contributed by atoms with Gasteiger partial charge in [-0.3, -0.25) is 0 Å². The van der Waals surface area contributed by atoms with Gasteiger partial charge in [0.25, 0.3) is 0 Å². The molecule has 0 aromatic heterocycles. The number of methoxy groups -OCH3 is 1. The van der Waals surface area contributed by atoms with E-state index in [-0.39, 0.29) is 0 Å². The first kappa shape index (κ1) is 11.6. The number of rotatable bonds is 5. The molecule has 0 aliphatic heterocycles. The van der Waals surface area contributed by atoms with Crippen molar-refractivity contribution in [2.75, 3.05) is 12.4 Å². The van der Waals surface area contributed by atoms with E-state index in [9.17, 15) is 0 Å². The molecule has 0 aliphatic carbocycles. The lowest BCUT2D eigenvalue weighted by molar-refractivity contribution is 0.414. The highest BCUT2D eigenvalue weighted by atomic mass is 79.9. The van der Waals surface area contributed by atoms with Crippen LogP contribution in [0.1, 0.15) is 24.0 Å². The van der Waals surface area contributed by atoms with E-state index >= 15 is 0 Å². The third kappa shape index (κ3) is 3.33. The summed E-state index contributed by atoms with van der Waals surface area (Å²) in [6.45, 7) is 2.14. The smallest absolute Gasteiger partial charge is 0.119 e. The molecule has 0 radical (unpaired) electrons. The summed E-state index contributed by atoms with van der Waals surface area (Å²) >= 11 is 3.44. The molecule has 0 saturated heterocycles. The summed E-state index contributed by atoms with van der Waals surface area (Å²) in [5.41, 5.74) is 2.77. The molecule has 0 heterocycles. The Morgan fingerprint density at radius 3 is 2.64 bits per heavy atom. The van der Waals surface area contributed by atoms with Crippen LogP contribution in [0.2, 0.25) is 0 Å². The number of ether oxygens (including phenoxy) is 1. The Morgan fingerprint density at radius 1 is 1.29 bits per heavy atom. The minimum absolute atomic E-state index is 0.951. The summed E-state index contributed by atoms with van der Waals surface area (Å²) in [5.74, 6) is 0.951. The van der Waals surface area contributed by atoms with E-state index < -0.39 is 0 Å². The number of aryl methyl sites for hydroxylation is 2. The molecule has 1 rings (SSSR count). The van der Waals surface area contributed by atoms with Gasteiger partial charge in [0.2, 0.25) is 0 Å². The summed E-state index contributed by atoms with van der Waals surface area (Å²) in [6, 6.07) is 6.31. The zero-order chi connectivity index (χ0) is 10.4. The Bertz CT molecular complexity index is 284. The van der Waals surface area contributed by atoms with Gasteiger partial charge in [0.1, 0.15) is 5.75 Å². The summed E-state index contributed by atoms with van der Waals surface area (Å²) in [4.78, 5) is 0. The SMILES string of the molecule is COc1ccc(CCCCBr)c(C)c1. The zero-order valence-electron chi connectivity index (χ0n) is 8.85. The molecule has 0 bridgehead atoms. The zero-order valence-corrected chi connectivity index (χ0v) is 10.4. The quantitative estimate of drug-likeness (QED) is 0.577. The van der Waals surface area contributed by atoms with Crippen LogP contribution in [0.3, 0.4) is 0 Å². The van der Waals surface area contributed by atoms with Crippen LogP contribution >= 0.6 is 15.9 Å². The van der Waals surface area contributed by atoms with E-state index in [1.807, 2.05) is 6.07 Å². The van der Waals surface area contributed by atoms with E-state index in [0.29, 0.717) is 0 Å². The summed E-state index contributed by atoms with van der Waals surface area (Å²) in [6.07, 6.45) is 3.66. The lowest BCUT2D eigenvalue weighted by Crippen LogP contribution is -1.92. The van der Waals surface area contributed by atoms with Gasteiger partial charge < -0.3 is 4.74 Å². The van der Waals surface area contributed by atoms with Gasteiger partial charge in [-0.05, 0) is 49.4 Å². The number of hydrogen-bond acceptors (Lipinski definition) is 1. The molecular weight excluding hydrogens is 240 g/mol. The number of alkyl halides is 1. The maximum absolute atomic E-state index is 5.17. The maximum Gasteiger partial charge on any atom is 0.119 e. The number of unbranched alkanes of at least 4 members (excludes halogenated alkanes) is 1. The first-order valence-electron chi connectivity index (χ1n) is 4.97. The molecule has 0 saturated carbocycles. The first-order valence-corrected chi connectivity index (χ1v) is 6.09. The summed E-state index contributed by atoms with van der Waals surface area (Å²) in [5, 5.41) is 1.10. The average Bonchev–Trinajstić information content (AvgIpc) is 2.20. The van der Waals surface area contributed by atoms with Crippen molar-refractivity contribution >= 4 is 15.9 Å². The lowest BCUT2D eigenvalue weighted by Gasteiger charge is -2.07. The second-order valence-electron chi connectivity index (χ2n) is 3.44. The standard InChI is InChI=1S/C12H17BrO/c1-10-9-12(14-2)7-6-11(10)5-3-4-8-13/h6-7,9H,3-5,8H2,1-2H3. The second-order valence-corrected chi connectivity index (χ2v) is 4.23. The maximum atomic E-state index is 5.17. The first-order chi connectivity index (χ1) is 6.77. The molecule has 0 unspecified atom stereocenters. The van der Waals surface area contributed by atoms with Gasteiger partial charge in [0.05, 0.1) is 7.11 Å². The van der Waals surface area contributed by atoms with Gasteiger partial charge in [-0.1, -0.05) is 22.0 Å². The van der Waals surface area contributed by atoms with Gasteiger partial charge in [0, 0.05) is 5.33 Å². The fourth-order valence-corrected chi connectivity index (χ4v) is 1.88. The summed E-state index contributed by atoms with van der Waals surface area (Å²) in [7, 11) is 1.71. The second kappa shape index (κ2) is 6.07. The van der Waals surface area contributed by atoms with Gasteiger partial charge >= 0.3 is 0 Å². The predicted molar refractivity (Wildman–Crippen MR) is 64.5 cm³/mol.